The number of nitrogens with zero attached hydrogens (tertiary/aromatic N) is 2. The molecular weight excluding hydrogens is 232 g/mol. The molecule has 1 heterocycles. The lowest BCUT2D eigenvalue weighted by molar-refractivity contribution is 1.17. The van der Waals surface area contributed by atoms with Crippen molar-refractivity contribution in [3.8, 4) is 11.3 Å². The van der Waals surface area contributed by atoms with Crippen molar-refractivity contribution in [1.82, 2.24) is 9.97 Å². The summed E-state index contributed by atoms with van der Waals surface area (Å²) in [5, 5.41) is 2.90. The summed E-state index contributed by atoms with van der Waals surface area (Å²) in [6.07, 6.45) is 3.13. The minimum absolute atomic E-state index is 0.573. The summed E-state index contributed by atoms with van der Waals surface area (Å²) in [7, 11) is 0. The van der Waals surface area contributed by atoms with Gasteiger partial charge in [-0.15, -0.1) is 0 Å². The molecule has 0 saturated heterocycles. The summed E-state index contributed by atoms with van der Waals surface area (Å²) in [6, 6.07) is 14.3. The van der Waals surface area contributed by atoms with Gasteiger partial charge in [-0.25, -0.2) is 9.97 Å². The third-order valence-electron chi connectivity index (χ3n) is 2.71. The Bertz CT molecular complexity index is 674. The molecule has 0 radical (unpaired) electrons. The molecular formula is C14H9ClN2. The van der Waals surface area contributed by atoms with Crippen LogP contribution in [-0.4, -0.2) is 9.97 Å². The Morgan fingerprint density at radius 2 is 1.76 bits per heavy atom. The lowest BCUT2D eigenvalue weighted by Gasteiger charge is -2.06. The second kappa shape index (κ2) is 4.15. The fourth-order valence-electron chi connectivity index (χ4n) is 1.94. The van der Waals surface area contributed by atoms with E-state index in [-0.39, 0.29) is 0 Å². The number of hydrogen-bond donors (Lipinski definition) is 0. The lowest BCUT2D eigenvalue weighted by atomic mass is 10.0. The van der Waals surface area contributed by atoms with Crippen LogP contribution in [0.2, 0.25) is 5.02 Å². The predicted octanol–water partition coefficient (Wildman–Crippen LogP) is 3.95. The minimum Gasteiger partial charge on any atom is -0.243 e. The second-order valence-corrected chi connectivity index (χ2v) is 4.15. The van der Waals surface area contributed by atoms with Crippen molar-refractivity contribution >= 4 is 22.4 Å². The first kappa shape index (κ1) is 10.2. The molecule has 2 aromatic carbocycles. The zero-order valence-electron chi connectivity index (χ0n) is 8.97. The molecule has 0 amide bonds. The fourth-order valence-corrected chi connectivity index (χ4v) is 2.15. The first-order chi connectivity index (χ1) is 8.36. The highest BCUT2D eigenvalue weighted by Gasteiger charge is 2.07. The first-order valence-electron chi connectivity index (χ1n) is 5.30. The van der Waals surface area contributed by atoms with E-state index in [4.69, 9.17) is 11.6 Å². The van der Waals surface area contributed by atoms with E-state index in [0.29, 0.717) is 5.02 Å². The first-order valence-corrected chi connectivity index (χ1v) is 5.68. The molecule has 0 aliphatic rings. The van der Waals surface area contributed by atoms with Gasteiger partial charge in [-0.3, -0.25) is 0 Å². The average molecular weight is 241 g/mol. The quantitative estimate of drug-likeness (QED) is 0.644. The van der Waals surface area contributed by atoms with Gasteiger partial charge in [0.2, 0.25) is 0 Å². The molecule has 1 aromatic heterocycles. The topological polar surface area (TPSA) is 25.8 Å². The van der Waals surface area contributed by atoms with Gasteiger partial charge in [0.15, 0.2) is 0 Å². The maximum atomic E-state index is 6.13. The third-order valence-corrected chi connectivity index (χ3v) is 2.99. The van der Waals surface area contributed by atoms with Crippen LogP contribution >= 0.6 is 11.6 Å². The van der Waals surface area contributed by atoms with Gasteiger partial charge in [0, 0.05) is 11.8 Å². The minimum atomic E-state index is 0.573. The van der Waals surface area contributed by atoms with Gasteiger partial charge in [-0.1, -0.05) is 54.1 Å². The van der Waals surface area contributed by atoms with Gasteiger partial charge >= 0.3 is 0 Å². The lowest BCUT2D eigenvalue weighted by Crippen LogP contribution is -1.87. The third kappa shape index (κ3) is 1.77. The van der Waals surface area contributed by atoms with Gasteiger partial charge in [-0.2, -0.15) is 0 Å². The van der Waals surface area contributed by atoms with Crippen molar-refractivity contribution < 1.29 is 0 Å². The van der Waals surface area contributed by atoms with E-state index in [1.54, 1.807) is 6.20 Å². The average Bonchev–Trinajstić information content (AvgIpc) is 2.39. The molecule has 0 unspecified atom stereocenters. The number of halogens is 1. The van der Waals surface area contributed by atoms with Crippen LogP contribution in [0, 0.1) is 0 Å². The Kier molecular flexibility index (Phi) is 2.50. The highest BCUT2D eigenvalue weighted by Crippen LogP contribution is 2.30. The highest BCUT2D eigenvalue weighted by atomic mass is 35.5. The molecule has 0 saturated carbocycles. The molecule has 0 atom stereocenters. The summed E-state index contributed by atoms with van der Waals surface area (Å²) < 4.78 is 0. The Morgan fingerprint density at radius 1 is 0.941 bits per heavy atom. The summed E-state index contributed by atoms with van der Waals surface area (Å²) in [4.78, 5) is 8.16. The summed E-state index contributed by atoms with van der Waals surface area (Å²) in [6.45, 7) is 0. The summed E-state index contributed by atoms with van der Waals surface area (Å²) in [5.41, 5.74) is 1.81. The molecule has 0 fully saturated rings. The van der Waals surface area contributed by atoms with Crippen LogP contribution in [0.5, 0.6) is 0 Å². The molecule has 82 valence electrons. The van der Waals surface area contributed by atoms with E-state index in [1.165, 1.54) is 11.7 Å². The number of rotatable bonds is 1. The zero-order chi connectivity index (χ0) is 11.7. The fraction of sp³-hybridized carbons (Fsp3) is 0. The van der Waals surface area contributed by atoms with Gasteiger partial charge < -0.3 is 0 Å². The Labute approximate surface area is 104 Å². The molecule has 3 aromatic rings. The normalized spacial score (nSPS) is 10.6. The monoisotopic (exact) mass is 240 g/mol. The smallest absolute Gasteiger partial charge is 0.116 e. The van der Waals surface area contributed by atoms with Crippen molar-refractivity contribution in [3.05, 3.63) is 60.0 Å². The molecule has 0 aliphatic heterocycles. The van der Waals surface area contributed by atoms with E-state index in [2.05, 4.69) is 28.2 Å². The van der Waals surface area contributed by atoms with Crippen molar-refractivity contribution in [2.24, 2.45) is 0 Å². The van der Waals surface area contributed by atoms with Crippen LogP contribution in [-0.2, 0) is 0 Å². The molecule has 0 bridgehead atoms. The van der Waals surface area contributed by atoms with Crippen molar-refractivity contribution in [2.75, 3.05) is 0 Å². The Balaban J connectivity index is 2.35. The number of fused-ring (bicyclic) bond motifs is 1. The van der Waals surface area contributed by atoms with Gasteiger partial charge in [-0.05, 0) is 10.8 Å². The highest BCUT2D eigenvalue weighted by molar-refractivity contribution is 6.33. The van der Waals surface area contributed by atoms with Crippen LogP contribution in [0.4, 0.5) is 0 Å². The molecule has 2 nitrogen and oxygen atoms in total. The number of aromatic nitrogens is 2. The summed E-state index contributed by atoms with van der Waals surface area (Å²) in [5.74, 6) is 0. The number of hydrogen-bond acceptors (Lipinski definition) is 2. The van der Waals surface area contributed by atoms with Crippen LogP contribution < -0.4 is 0 Å². The summed E-state index contributed by atoms with van der Waals surface area (Å²) >= 11 is 6.13. The van der Waals surface area contributed by atoms with E-state index < -0.39 is 0 Å². The van der Waals surface area contributed by atoms with Gasteiger partial charge in [0.25, 0.3) is 0 Å². The SMILES string of the molecule is Clc1cncnc1-c1cccc2ccccc12. The van der Waals surface area contributed by atoms with Crippen LogP contribution in [0.15, 0.2) is 55.0 Å². The van der Waals surface area contributed by atoms with Crippen LogP contribution in [0.3, 0.4) is 0 Å². The van der Waals surface area contributed by atoms with E-state index in [0.717, 1.165) is 16.6 Å². The molecule has 0 spiro atoms. The zero-order valence-corrected chi connectivity index (χ0v) is 9.72. The van der Waals surface area contributed by atoms with Crippen molar-refractivity contribution in [3.63, 3.8) is 0 Å². The van der Waals surface area contributed by atoms with E-state index >= 15 is 0 Å². The van der Waals surface area contributed by atoms with Crippen molar-refractivity contribution in [2.45, 2.75) is 0 Å². The van der Waals surface area contributed by atoms with E-state index in [9.17, 15) is 0 Å². The van der Waals surface area contributed by atoms with Crippen LogP contribution in [0.25, 0.3) is 22.0 Å². The second-order valence-electron chi connectivity index (χ2n) is 3.75. The maximum absolute atomic E-state index is 6.13. The maximum Gasteiger partial charge on any atom is 0.116 e. The predicted molar refractivity (Wildman–Crippen MR) is 70.0 cm³/mol. The van der Waals surface area contributed by atoms with Crippen molar-refractivity contribution in [1.29, 1.82) is 0 Å². The largest absolute Gasteiger partial charge is 0.243 e. The molecule has 3 rings (SSSR count). The Morgan fingerprint density at radius 3 is 2.65 bits per heavy atom. The standard InChI is InChI=1S/C14H9ClN2/c15-13-8-16-9-17-14(13)12-7-3-5-10-4-1-2-6-11(10)12/h1-9H. The molecule has 0 aliphatic carbocycles. The van der Waals surface area contributed by atoms with Gasteiger partial charge in [0.05, 0.1) is 10.7 Å². The van der Waals surface area contributed by atoms with E-state index in [1.807, 2.05) is 24.3 Å². The van der Waals surface area contributed by atoms with Crippen LogP contribution in [0.1, 0.15) is 0 Å². The van der Waals surface area contributed by atoms with Gasteiger partial charge in [0.1, 0.15) is 6.33 Å². The Hall–Kier alpha value is -1.93. The molecule has 3 heteroatoms. The number of benzene rings is 2. The molecule has 17 heavy (non-hydrogen) atoms. The molecule has 0 N–H and O–H groups in total.